The van der Waals surface area contributed by atoms with Gasteiger partial charge in [-0.3, -0.25) is 9.59 Å². The third kappa shape index (κ3) is 4.89. The first kappa shape index (κ1) is 18.3. The van der Waals surface area contributed by atoms with Crippen LogP contribution >= 0.6 is 12.4 Å². The lowest BCUT2D eigenvalue weighted by atomic mass is 9.97. The summed E-state index contributed by atoms with van der Waals surface area (Å²) in [6.45, 7) is 3.17. The van der Waals surface area contributed by atoms with E-state index in [-0.39, 0.29) is 30.1 Å². The van der Waals surface area contributed by atoms with Crippen LogP contribution in [0.3, 0.4) is 0 Å². The molecule has 7 heteroatoms. The van der Waals surface area contributed by atoms with Crippen molar-refractivity contribution >= 4 is 35.6 Å². The predicted octanol–water partition coefficient (Wildman–Crippen LogP) is 2.01. The van der Waals surface area contributed by atoms with Crippen LogP contribution in [0.25, 0.3) is 0 Å². The molecule has 0 aliphatic carbocycles. The standard InChI is InChI=1S/C15H21N3O3.ClH/c1-10(19)17-12-3-4-14(21-2)13(9-12)18-15(20)11-5-7-16-8-6-11;/h3-4,9,11,16H,5-8H2,1-2H3,(H,17,19)(H,18,20);1H. The summed E-state index contributed by atoms with van der Waals surface area (Å²) in [6, 6.07) is 5.17. The van der Waals surface area contributed by atoms with E-state index in [2.05, 4.69) is 16.0 Å². The number of methoxy groups -OCH3 is 1. The molecule has 0 saturated carbocycles. The Balaban J connectivity index is 0.00000242. The summed E-state index contributed by atoms with van der Waals surface area (Å²) in [5, 5.41) is 8.83. The summed E-state index contributed by atoms with van der Waals surface area (Å²) >= 11 is 0. The van der Waals surface area contributed by atoms with Crippen molar-refractivity contribution in [1.82, 2.24) is 5.32 Å². The second kappa shape index (κ2) is 8.60. The van der Waals surface area contributed by atoms with Crippen molar-refractivity contribution in [1.29, 1.82) is 0 Å². The summed E-state index contributed by atoms with van der Waals surface area (Å²) in [5.74, 6) is 0.428. The Bertz CT molecular complexity index is 531. The van der Waals surface area contributed by atoms with Crippen LogP contribution in [0.2, 0.25) is 0 Å². The van der Waals surface area contributed by atoms with Gasteiger partial charge in [0, 0.05) is 18.5 Å². The van der Waals surface area contributed by atoms with Gasteiger partial charge >= 0.3 is 0 Å². The van der Waals surface area contributed by atoms with Crippen molar-refractivity contribution in [3.63, 3.8) is 0 Å². The van der Waals surface area contributed by atoms with Crippen LogP contribution in [-0.2, 0) is 9.59 Å². The molecule has 0 unspecified atom stereocenters. The molecular formula is C15H22ClN3O3. The van der Waals surface area contributed by atoms with Crippen LogP contribution in [0.15, 0.2) is 18.2 Å². The molecule has 3 N–H and O–H groups in total. The van der Waals surface area contributed by atoms with Crippen molar-refractivity contribution < 1.29 is 14.3 Å². The minimum Gasteiger partial charge on any atom is -0.495 e. The molecule has 6 nitrogen and oxygen atoms in total. The van der Waals surface area contributed by atoms with E-state index >= 15 is 0 Å². The van der Waals surface area contributed by atoms with Gasteiger partial charge in [0.05, 0.1) is 12.8 Å². The Kier molecular flexibility index (Phi) is 7.14. The number of carbonyl (C=O) groups is 2. The first-order chi connectivity index (χ1) is 10.1. The SMILES string of the molecule is COc1ccc(NC(C)=O)cc1NC(=O)C1CCNCC1.Cl. The number of rotatable bonds is 4. The Hall–Kier alpha value is -1.79. The maximum atomic E-state index is 12.3. The maximum Gasteiger partial charge on any atom is 0.227 e. The predicted molar refractivity (Wildman–Crippen MR) is 88.8 cm³/mol. The molecule has 0 aromatic heterocycles. The molecule has 1 aromatic rings. The minimum atomic E-state index is -0.157. The normalized spacial score (nSPS) is 14.6. The fourth-order valence-electron chi connectivity index (χ4n) is 2.41. The summed E-state index contributed by atoms with van der Waals surface area (Å²) in [7, 11) is 1.55. The number of hydrogen-bond donors (Lipinski definition) is 3. The zero-order valence-electron chi connectivity index (χ0n) is 12.8. The van der Waals surface area contributed by atoms with Gasteiger partial charge in [-0.05, 0) is 44.1 Å². The average molecular weight is 328 g/mol. The quantitative estimate of drug-likeness (QED) is 0.790. The van der Waals surface area contributed by atoms with Crippen LogP contribution in [0.5, 0.6) is 5.75 Å². The molecule has 0 atom stereocenters. The van der Waals surface area contributed by atoms with E-state index in [1.165, 1.54) is 6.92 Å². The van der Waals surface area contributed by atoms with Gasteiger partial charge in [-0.15, -0.1) is 12.4 Å². The van der Waals surface area contributed by atoms with Crippen LogP contribution in [0.4, 0.5) is 11.4 Å². The van der Waals surface area contributed by atoms with Gasteiger partial charge in [0.1, 0.15) is 5.75 Å². The van der Waals surface area contributed by atoms with Gasteiger partial charge in [0.2, 0.25) is 11.8 Å². The molecule has 1 heterocycles. The largest absolute Gasteiger partial charge is 0.495 e. The van der Waals surface area contributed by atoms with E-state index in [4.69, 9.17) is 4.74 Å². The van der Waals surface area contributed by atoms with E-state index in [0.29, 0.717) is 17.1 Å². The molecule has 1 saturated heterocycles. The monoisotopic (exact) mass is 327 g/mol. The van der Waals surface area contributed by atoms with E-state index < -0.39 is 0 Å². The van der Waals surface area contributed by atoms with Gasteiger partial charge in [0.15, 0.2) is 0 Å². The maximum absolute atomic E-state index is 12.3. The number of hydrogen-bond acceptors (Lipinski definition) is 4. The molecular weight excluding hydrogens is 306 g/mol. The van der Waals surface area contributed by atoms with Gasteiger partial charge in [-0.2, -0.15) is 0 Å². The smallest absolute Gasteiger partial charge is 0.227 e. The van der Waals surface area contributed by atoms with Crippen LogP contribution < -0.4 is 20.7 Å². The van der Waals surface area contributed by atoms with Gasteiger partial charge in [0.25, 0.3) is 0 Å². The number of nitrogens with one attached hydrogen (secondary N) is 3. The number of ether oxygens (including phenoxy) is 1. The molecule has 0 spiro atoms. The Morgan fingerprint density at radius 1 is 1.23 bits per heavy atom. The lowest BCUT2D eigenvalue weighted by Crippen LogP contribution is -2.34. The van der Waals surface area contributed by atoms with E-state index in [0.717, 1.165) is 25.9 Å². The fraction of sp³-hybridized carbons (Fsp3) is 0.467. The molecule has 0 radical (unpaired) electrons. The van der Waals surface area contributed by atoms with E-state index in [9.17, 15) is 9.59 Å². The van der Waals surface area contributed by atoms with Crippen molar-refractivity contribution in [3.8, 4) is 5.75 Å². The fourth-order valence-corrected chi connectivity index (χ4v) is 2.41. The van der Waals surface area contributed by atoms with Crippen LogP contribution in [0, 0.1) is 5.92 Å². The Morgan fingerprint density at radius 3 is 2.50 bits per heavy atom. The minimum absolute atomic E-state index is 0. The number of piperidine rings is 1. The highest BCUT2D eigenvalue weighted by Gasteiger charge is 2.21. The van der Waals surface area contributed by atoms with Gasteiger partial charge < -0.3 is 20.7 Å². The summed E-state index contributed by atoms with van der Waals surface area (Å²) in [6.07, 6.45) is 1.67. The Labute approximate surface area is 136 Å². The highest BCUT2D eigenvalue weighted by molar-refractivity contribution is 5.96. The van der Waals surface area contributed by atoms with Gasteiger partial charge in [-0.1, -0.05) is 0 Å². The molecule has 2 rings (SSSR count). The molecule has 122 valence electrons. The molecule has 1 aromatic carbocycles. The first-order valence-electron chi connectivity index (χ1n) is 7.07. The molecule has 1 aliphatic heterocycles. The number of amides is 2. The number of carbonyl (C=O) groups excluding carboxylic acids is 2. The third-order valence-corrected chi connectivity index (χ3v) is 3.49. The summed E-state index contributed by atoms with van der Waals surface area (Å²) in [5.41, 5.74) is 1.20. The van der Waals surface area contributed by atoms with Crippen molar-refractivity contribution in [2.75, 3.05) is 30.8 Å². The van der Waals surface area contributed by atoms with Crippen molar-refractivity contribution in [2.24, 2.45) is 5.92 Å². The number of anilines is 2. The average Bonchev–Trinajstić information content (AvgIpc) is 2.48. The lowest BCUT2D eigenvalue weighted by molar-refractivity contribution is -0.120. The van der Waals surface area contributed by atoms with Crippen LogP contribution in [0.1, 0.15) is 19.8 Å². The third-order valence-electron chi connectivity index (χ3n) is 3.49. The van der Waals surface area contributed by atoms with Crippen molar-refractivity contribution in [2.45, 2.75) is 19.8 Å². The zero-order chi connectivity index (χ0) is 15.2. The molecule has 1 fully saturated rings. The molecule has 0 bridgehead atoms. The second-order valence-corrected chi connectivity index (χ2v) is 5.11. The zero-order valence-corrected chi connectivity index (χ0v) is 13.6. The molecule has 22 heavy (non-hydrogen) atoms. The highest BCUT2D eigenvalue weighted by Crippen LogP contribution is 2.29. The second-order valence-electron chi connectivity index (χ2n) is 5.11. The molecule has 2 amide bonds. The van der Waals surface area contributed by atoms with Crippen molar-refractivity contribution in [3.05, 3.63) is 18.2 Å². The van der Waals surface area contributed by atoms with E-state index in [1.54, 1.807) is 25.3 Å². The topological polar surface area (TPSA) is 79.5 Å². The summed E-state index contributed by atoms with van der Waals surface area (Å²) < 4.78 is 5.25. The highest BCUT2D eigenvalue weighted by atomic mass is 35.5. The van der Waals surface area contributed by atoms with Gasteiger partial charge in [-0.25, -0.2) is 0 Å². The molecule has 1 aliphatic rings. The Morgan fingerprint density at radius 2 is 1.91 bits per heavy atom. The number of halogens is 1. The van der Waals surface area contributed by atoms with E-state index in [1.807, 2.05) is 0 Å². The number of benzene rings is 1. The first-order valence-corrected chi connectivity index (χ1v) is 7.07. The van der Waals surface area contributed by atoms with Crippen LogP contribution in [-0.4, -0.2) is 32.0 Å². The summed E-state index contributed by atoms with van der Waals surface area (Å²) in [4.78, 5) is 23.4. The lowest BCUT2D eigenvalue weighted by Gasteiger charge is -2.22.